The summed E-state index contributed by atoms with van der Waals surface area (Å²) >= 11 is 0. The third-order valence-corrected chi connectivity index (χ3v) is 7.79. The Balaban J connectivity index is 1.23. The van der Waals surface area contributed by atoms with Gasteiger partial charge in [-0.1, -0.05) is 12.1 Å². The largest absolute Gasteiger partial charge is 0.346 e. The van der Waals surface area contributed by atoms with Gasteiger partial charge in [-0.3, -0.25) is 19.7 Å². The average molecular weight is 472 g/mol. The SMILES string of the molecule is Cc1c(C(=O)NC23CC(NS(=O)(=O)Cc4cccc([N+](=O)[O-])c4)(C2)C3)cn2nc[nH]c(=O)c12. The number of fused-ring (bicyclic) bond motifs is 1. The minimum Gasteiger partial charge on any atom is -0.346 e. The van der Waals surface area contributed by atoms with Gasteiger partial charge in [-0.2, -0.15) is 5.10 Å². The van der Waals surface area contributed by atoms with Crippen molar-refractivity contribution in [3.63, 3.8) is 0 Å². The van der Waals surface area contributed by atoms with Crippen LogP contribution in [0.3, 0.4) is 0 Å². The van der Waals surface area contributed by atoms with E-state index in [1.165, 1.54) is 41.3 Å². The Kier molecular flexibility index (Phi) is 4.49. The zero-order valence-corrected chi connectivity index (χ0v) is 18.3. The number of nitrogens with one attached hydrogen (secondary N) is 3. The molecule has 172 valence electrons. The molecule has 3 aromatic rings. The summed E-state index contributed by atoms with van der Waals surface area (Å²) in [7, 11) is -3.73. The number of nitro groups is 1. The van der Waals surface area contributed by atoms with E-state index in [4.69, 9.17) is 0 Å². The van der Waals surface area contributed by atoms with Gasteiger partial charge in [-0.25, -0.2) is 17.7 Å². The summed E-state index contributed by atoms with van der Waals surface area (Å²) in [4.78, 5) is 37.7. The van der Waals surface area contributed by atoms with E-state index in [0.717, 1.165) is 0 Å². The standard InChI is InChI=1S/C20H20N6O6S/c1-12-15(6-25-16(12)18(28)21-11-22-25)17(27)23-19-8-20(9-19,10-19)24-33(31,32)7-13-3-2-4-14(5-13)26(29)30/h2-6,11,24H,7-10H2,1H3,(H,23,27)(H,21,22,28). The van der Waals surface area contributed by atoms with Crippen LogP contribution >= 0.6 is 0 Å². The normalized spacial score (nSPS) is 23.5. The zero-order chi connectivity index (χ0) is 23.6. The molecule has 0 saturated heterocycles. The van der Waals surface area contributed by atoms with Gasteiger partial charge in [0.2, 0.25) is 10.0 Å². The van der Waals surface area contributed by atoms with Crippen LogP contribution in [0.4, 0.5) is 5.69 Å². The van der Waals surface area contributed by atoms with Gasteiger partial charge in [0.15, 0.2) is 0 Å². The quantitative estimate of drug-likeness (QED) is 0.337. The van der Waals surface area contributed by atoms with Gasteiger partial charge in [0.25, 0.3) is 17.2 Å². The average Bonchev–Trinajstić information content (AvgIpc) is 3.03. The number of carbonyl (C=O) groups excluding carboxylic acids is 1. The molecule has 2 aromatic heterocycles. The highest BCUT2D eigenvalue weighted by atomic mass is 32.2. The first-order valence-electron chi connectivity index (χ1n) is 10.1. The van der Waals surface area contributed by atoms with Gasteiger partial charge in [0, 0.05) is 29.4 Å². The number of aryl methyl sites for hydroxylation is 1. The summed E-state index contributed by atoms with van der Waals surface area (Å²) in [6.45, 7) is 1.67. The minimum absolute atomic E-state index is 0.166. The third kappa shape index (κ3) is 3.58. The lowest BCUT2D eigenvalue weighted by Crippen LogP contribution is -2.83. The highest BCUT2D eigenvalue weighted by Crippen LogP contribution is 2.60. The molecule has 0 unspecified atom stereocenters. The maximum atomic E-state index is 12.8. The fraction of sp³-hybridized carbons (Fsp3) is 0.350. The number of nitrogens with zero attached hydrogens (tertiary/aromatic N) is 3. The van der Waals surface area contributed by atoms with Crippen LogP contribution in [0.15, 0.2) is 41.6 Å². The summed E-state index contributed by atoms with van der Waals surface area (Å²) in [5.41, 5.74) is -0.149. The van der Waals surface area contributed by atoms with Crippen molar-refractivity contribution in [2.24, 2.45) is 0 Å². The number of nitro benzene ring substituents is 1. The molecular formula is C20H20N6O6S. The molecule has 33 heavy (non-hydrogen) atoms. The first kappa shape index (κ1) is 21.3. The van der Waals surface area contributed by atoms with Crippen LogP contribution in [-0.2, 0) is 15.8 Å². The maximum Gasteiger partial charge on any atom is 0.275 e. The zero-order valence-electron chi connectivity index (χ0n) is 17.5. The number of hydrogen-bond acceptors (Lipinski definition) is 7. The Labute approximate surface area is 187 Å². The minimum atomic E-state index is -3.73. The smallest absolute Gasteiger partial charge is 0.275 e. The molecule has 3 N–H and O–H groups in total. The number of aromatic nitrogens is 3. The predicted octanol–water partition coefficient (Wildman–Crippen LogP) is 0.764. The lowest BCUT2D eigenvalue weighted by molar-refractivity contribution is -0.384. The molecule has 3 aliphatic rings. The number of benzene rings is 1. The van der Waals surface area contributed by atoms with Gasteiger partial charge in [0.05, 0.1) is 16.2 Å². The van der Waals surface area contributed by atoms with Gasteiger partial charge < -0.3 is 10.3 Å². The molecule has 0 radical (unpaired) electrons. The molecule has 0 atom stereocenters. The van der Waals surface area contributed by atoms with Crippen molar-refractivity contribution in [3.8, 4) is 0 Å². The fourth-order valence-corrected chi connectivity index (χ4v) is 6.64. The van der Waals surface area contributed by atoms with Crippen molar-refractivity contribution in [1.29, 1.82) is 0 Å². The molecule has 0 spiro atoms. The van der Waals surface area contributed by atoms with Crippen LogP contribution in [0.25, 0.3) is 5.52 Å². The summed E-state index contributed by atoms with van der Waals surface area (Å²) in [5.74, 6) is -0.710. The summed E-state index contributed by atoms with van der Waals surface area (Å²) in [6.07, 6.45) is 4.10. The number of hydrogen-bond donors (Lipinski definition) is 3. The fourth-order valence-electron chi connectivity index (χ4n) is 5.08. The monoisotopic (exact) mass is 472 g/mol. The molecule has 2 heterocycles. The first-order valence-corrected chi connectivity index (χ1v) is 11.8. The number of H-pyrrole nitrogens is 1. The maximum absolute atomic E-state index is 12.8. The molecule has 1 aromatic carbocycles. The second-order valence-electron chi connectivity index (χ2n) is 8.91. The van der Waals surface area contributed by atoms with Crippen LogP contribution < -0.4 is 15.6 Å². The summed E-state index contributed by atoms with van der Waals surface area (Å²) in [5, 5.41) is 17.9. The molecule has 12 nitrogen and oxygen atoms in total. The van der Waals surface area contributed by atoms with E-state index in [1.807, 2.05) is 0 Å². The van der Waals surface area contributed by atoms with E-state index in [2.05, 4.69) is 20.1 Å². The lowest BCUT2D eigenvalue weighted by atomic mass is 9.44. The Bertz CT molecular complexity index is 1470. The van der Waals surface area contributed by atoms with E-state index < -0.39 is 26.0 Å². The second kappa shape index (κ2) is 6.96. The number of non-ortho nitro benzene ring substituents is 1. The number of amides is 1. The van der Waals surface area contributed by atoms with E-state index in [1.54, 1.807) is 6.92 Å². The lowest BCUT2D eigenvalue weighted by Gasteiger charge is -2.70. The van der Waals surface area contributed by atoms with Crippen molar-refractivity contribution in [3.05, 3.63) is 73.9 Å². The van der Waals surface area contributed by atoms with Gasteiger partial charge >= 0.3 is 0 Å². The van der Waals surface area contributed by atoms with Gasteiger partial charge in [-0.15, -0.1) is 0 Å². The Morgan fingerprint density at radius 1 is 1.30 bits per heavy atom. The molecule has 3 aliphatic carbocycles. The van der Waals surface area contributed by atoms with E-state index in [0.29, 0.717) is 41.5 Å². The van der Waals surface area contributed by atoms with Crippen LogP contribution in [0.2, 0.25) is 0 Å². The van der Waals surface area contributed by atoms with Crippen molar-refractivity contribution >= 4 is 27.1 Å². The predicted molar refractivity (Wildman–Crippen MR) is 116 cm³/mol. The Morgan fingerprint density at radius 3 is 2.70 bits per heavy atom. The van der Waals surface area contributed by atoms with Crippen LogP contribution in [0, 0.1) is 17.0 Å². The van der Waals surface area contributed by atoms with Crippen LogP contribution in [0.1, 0.15) is 40.7 Å². The molecule has 3 saturated carbocycles. The topological polar surface area (TPSA) is 169 Å². The molecule has 6 rings (SSSR count). The number of sulfonamides is 1. The van der Waals surface area contributed by atoms with E-state index in [9.17, 15) is 28.1 Å². The van der Waals surface area contributed by atoms with Gasteiger partial charge in [0.1, 0.15) is 11.8 Å². The van der Waals surface area contributed by atoms with Crippen LogP contribution in [0.5, 0.6) is 0 Å². The van der Waals surface area contributed by atoms with E-state index >= 15 is 0 Å². The highest BCUT2D eigenvalue weighted by Gasteiger charge is 2.69. The Hall–Kier alpha value is -3.58. The number of carbonyl (C=O) groups is 1. The summed E-state index contributed by atoms with van der Waals surface area (Å²) in [6, 6.07) is 5.53. The first-order chi connectivity index (χ1) is 15.5. The molecule has 1 amide bonds. The van der Waals surface area contributed by atoms with Gasteiger partial charge in [-0.05, 0) is 37.3 Å². The third-order valence-electron chi connectivity index (χ3n) is 6.34. The van der Waals surface area contributed by atoms with Crippen molar-refractivity contribution in [1.82, 2.24) is 24.6 Å². The Morgan fingerprint density at radius 2 is 2.03 bits per heavy atom. The molecule has 0 aliphatic heterocycles. The van der Waals surface area contributed by atoms with Crippen molar-refractivity contribution in [2.45, 2.75) is 43.0 Å². The van der Waals surface area contributed by atoms with E-state index in [-0.39, 0.29) is 22.9 Å². The molecular weight excluding hydrogens is 452 g/mol. The van der Waals surface area contributed by atoms with Crippen molar-refractivity contribution < 1.29 is 18.1 Å². The van der Waals surface area contributed by atoms with Crippen LogP contribution in [-0.4, -0.2) is 44.9 Å². The second-order valence-corrected chi connectivity index (χ2v) is 10.6. The number of aromatic amines is 1. The number of rotatable bonds is 7. The highest BCUT2D eigenvalue weighted by molar-refractivity contribution is 7.88. The summed E-state index contributed by atoms with van der Waals surface area (Å²) < 4.78 is 29.3. The van der Waals surface area contributed by atoms with Crippen molar-refractivity contribution in [2.75, 3.05) is 0 Å². The molecule has 3 fully saturated rings. The molecule has 13 heteroatoms. The molecule has 2 bridgehead atoms.